The van der Waals surface area contributed by atoms with Gasteiger partial charge in [0.1, 0.15) is 17.9 Å². The number of aliphatic hydroxyl groups is 1. The Morgan fingerprint density at radius 2 is 1.82 bits per heavy atom. The lowest BCUT2D eigenvalue weighted by molar-refractivity contribution is -0.124. The summed E-state index contributed by atoms with van der Waals surface area (Å²) in [7, 11) is 0. The number of carbonyl (C=O) groups is 2. The Balaban J connectivity index is 2.08. The molecule has 146 valence electrons. The molecule has 4 N–H and O–H groups in total. The molecule has 9 heteroatoms. The Hall–Kier alpha value is -2.71. The average molecular weight is 496 g/mol. The molecule has 2 aromatic carbocycles. The number of hydrogen-bond donors (Lipinski definition) is 4. The van der Waals surface area contributed by atoms with Crippen LogP contribution >= 0.6 is 22.6 Å². The second kappa shape index (κ2) is 9.48. The van der Waals surface area contributed by atoms with Crippen LogP contribution in [-0.4, -0.2) is 29.1 Å². The Bertz CT molecular complexity index is 926. The van der Waals surface area contributed by atoms with E-state index in [1.165, 1.54) is 19.1 Å². The summed E-state index contributed by atoms with van der Waals surface area (Å²) in [6.45, 7) is 3.22. The molecule has 28 heavy (non-hydrogen) atoms. The number of carbonyl (C=O) groups excluding carboxylic acids is 2. The second-order valence-electron chi connectivity index (χ2n) is 6.02. The van der Waals surface area contributed by atoms with Crippen LogP contribution in [0.1, 0.15) is 28.4 Å². The van der Waals surface area contributed by atoms with Gasteiger partial charge in [0.25, 0.3) is 11.8 Å². The Kier molecular flexibility index (Phi) is 7.31. The Labute approximate surface area is 175 Å². The van der Waals surface area contributed by atoms with Crippen molar-refractivity contribution in [3.05, 3.63) is 62.5 Å². The molecule has 0 unspecified atom stereocenters. The molecule has 0 saturated heterocycles. The summed E-state index contributed by atoms with van der Waals surface area (Å²) in [5.74, 6) is -1.77. The van der Waals surface area contributed by atoms with Crippen LogP contribution in [0, 0.1) is 27.6 Å². The number of nitrogens with one attached hydrogen (secondary N) is 3. The molecular weight excluding hydrogens is 478 g/mol. The molecular formula is C19H18FIN4O3. The van der Waals surface area contributed by atoms with E-state index in [1.807, 2.05) is 22.6 Å². The maximum atomic E-state index is 12.9. The van der Waals surface area contributed by atoms with Crippen LogP contribution < -0.4 is 16.2 Å². The molecule has 0 radical (unpaired) electrons. The highest BCUT2D eigenvalue weighted by molar-refractivity contribution is 14.1. The van der Waals surface area contributed by atoms with Crippen LogP contribution in [-0.2, 0) is 4.79 Å². The lowest BCUT2D eigenvalue weighted by atomic mass is 10.1. The van der Waals surface area contributed by atoms with Crippen molar-refractivity contribution in [2.75, 3.05) is 5.32 Å². The van der Waals surface area contributed by atoms with Gasteiger partial charge in [-0.1, -0.05) is 0 Å². The standard InChI is InChI=1S/C19H18FIN4O3/c1-10-15(8-5-13(9-22)16(10)21)23-17(11(2)26)19(28)25-24-18(27)12-3-6-14(20)7-4-12/h3-8,11,17,23,26H,1-2H3,(H,24,27)(H,25,28)/t11-,17+/m0/s1. The SMILES string of the molecule is Cc1c(N[C@@H](C(=O)NNC(=O)c2ccc(F)cc2)[C@H](C)O)ccc(C#N)c1I. The van der Waals surface area contributed by atoms with Gasteiger partial charge in [-0.3, -0.25) is 20.4 Å². The third kappa shape index (κ3) is 5.17. The van der Waals surface area contributed by atoms with Gasteiger partial charge in [-0.05, 0) is 78.4 Å². The molecule has 0 saturated carbocycles. The van der Waals surface area contributed by atoms with E-state index in [4.69, 9.17) is 5.26 Å². The molecule has 0 bridgehead atoms. The van der Waals surface area contributed by atoms with Gasteiger partial charge in [0, 0.05) is 14.8 Å². The van der Waals surface area contributed by atoms with Gasteiger partial charge in [0.2, 0.25) is 0 Å². The van der Waals surface area contributed by atoms with Crippen LogP contribution in [0.5, 0.6) is 0 Å². The number of hydrogen-bond acceptors (Lipinski definition) is 5. The second-order valence-corrected chi connectivity index (χ2v) is 7.10. The summed E-state index contributed by atoms with van der Waals surface area (Å²) in [5, 5.41) is 22.0. The molecule has 2 aromatic rings. The average Bonchev–Trinajstić information content (AvgIpc) is 2.67. The maximum Gasteiger partial charge on any atom is 0.269 e. The predicted molar refractivity (Wildman–Crippen MR) is 110 cm³/mol. The highest BCUT2D eigenvalue weighted by atomic mass is 127. The first kappa shape index (κ1) is 21.6. The highest BCUT2D eigenvalue weighted by Crippen LogP contribution is 2.25. The van der Waals surface area contributed by atoms with E-state index >= 15 is 0 Å². The molecule has 0 aliphatic carbocycles. The molecule has 0 aliphatic rings. The molecule has 0 fully saturated rings. The number of rotatable bonds is 5. The fourth-order valence-electron chi connectivity index (χ4n) is 2.37. The lowest BCUT2D eigenvalue weighted by Gasteiger charge is -2.23. The van der Waals surface area contributed by atoms with Crippen LogP contribution in [0.3, 0.4) is 0 Å². The van der Waals surface area contributed by atoms with Crippen molar-refractivity contribution in [3.8, 4) is 6.07 Å². The minimum absolute atomic E-state index is 0.167. The molecule has 2 amide bonds. The number of nitriles is 1. The summed E-state index contributed by atoms with van der Waals surface area (Å²) in [4.78, 5) is 24.5. The van der Waals surface area contributed by atoms with E-state index in [0.29, 0.717) is 11.3 Å². The monoisotopic (exact) mass is 496 g/mol. The quantitative estimate of drug-likeness (QED) is 0.375. The van der Waals surface area contributed by atoms with E-state index in [2.05, 4.69) is 22.2 Å². The maximum absolute atomic E-state index is 12.9. The fraction of sp³-hybridized carbons (Fsp3) is 0.211. The normalized spacial score (nSPS) is 12.4. The Morgan fingerprint density at radius 1 is 1.18 bits per heavy atom. The Morgan fingerprint density at radius 3 is 2.39 bits per heavy atom. The van der Waals surface area contributed by atoms with Crippen LogP contribution in [0.15, 0.2) is 36.4 Å². The van der Waals surface area contributed by atoms with Crippen LogP contribution in [0.25, 0.3) is 0 Å². The van der Waals surface area contributed by atoms with E-state index < -0.39 is 29.8 Å². The number of hydrazine groups is 1. The summed E-state index contributed by atoms with van der Waals surface area (Å²) in [6.07, 6.45) is -1.07. The van der Waals surface area contributed by atoms with Crippen LogP contribution in [0.4, 0.5) is 10.1 Å². The first-order chi connectivity index (χ1) is 13.2. The summed E-state index contributed by atoms with van der Waals surface area (Å²) >= 11 is 2.04. The molecule has 0 heterocycles. The van der Waals surface area contributed by atoms with Gasteiger partial charge in [-0.15, -0.1) is 0 Å². The zero-order chi connectivity index (χ0) is 20.8. The number of benzene rings is 2. The molecule has 2 atom stereocenters. The summed E-state index contributed by atoms with van der Waals surface area (Å²) in [6, 6.07) is 9.11. The van der Waals surface area contributed by atoms with Crippen molar-refractivity contribution >= 4 is 40.1 Å². The first-order valence-electron chi connectivity index (χ1n) is 8.24. The zero-order valence-corrected chi connectivity index (χ0v) is 17.2. The van der Waals surface area contributed by atoms with Crippen molar-refractivity contribution in [2.45, 2.75) is 26.0 Å². The summed E-state index contributed by atoms with van der Waals surface area (Å²) in [5.41, 5.74) is 6.48. The molecule has 0 aromatic heterocycles. The van der Waals surface area contributed by atoms with Gasteiger partial charge >= 0.3 is 0 Å². The molecule has 0 aliphatic heterocycles. The van der Waals surface area contributed by atoms with Crippen molar-refractivity contribution < 1.29 is 19.1 Å². The number of aliphatic hydroxyl groups excluding tert-OH is 1. The third-order valence-electron chi connectivity index (χ3n) is 3.99. The van der Waals surface area contributed by atoms with Crippen molar-refractivity contribution in [3.63, 3.8) is 0 Å². The van der Waals surface area contributed by atoms with E-state index in [9.17, 15) is 19.1 Å². The number of nitrogens with zero attached hydrogens (tertiary/aromatic N) is 1. The van der Waals surface area contributed by atoms with E-state index in [0.717, 1.165) is 21.3 Å². The molecule has 2 rings (SSSR count). The summed E-state index contributed by atoms with van der Waals surface area (Å²) < 4.78 is 13.7. The van der Waals surface area contributed by atoms with E-state index in [-0.39, 0.29) is 5.56 Å². The highest BCUT2D eigenvalue weighted by Gasteiger charge is 2.25. The third-order valence-corrected chi connectivity index (χ3v) is 5.38. The fourth-order valence-corrected chi connectivity index (χ4v) is 2.96. The van der Waals surface area contributed by atoms with Gasteiger partial charge in [-0.2, -0.15) is 5.26 Å². The van der Waals surface area contributed by atoms with Gasteiger partial charge in [0.05, 0.1) is 11.7 Å². The number of amides is 2. The topological polar surface area (TPSA) is 114 Å². The van der Waals surface area contributed by atoms with Gasteiger partial charge in [-0.25, -0.2) is 4.39 Å². The van der Waals surface area contributed by atoms with Crippen LogP contribution in [0.2, 0.25) is 0 Å². The molecule has 7 nitrogen and oxygen atoms in total. The smallest absolute Gasteiger partial charge is 0.269 e. The number of halogens is 2. The minimum atomic E-state index is -1.07. The first-order valence-corrected chi connectivity index (χ1v) is 9.32. The van der Waals surface area contributed by atoms with E-state index in [1.54, 1.807) is 19.1 Å². The minimum Gasteiger partial charge on any atom is -0.391 e. The predicted octanol–water partition coefficient (Wildman–Crippen LogP) is 2.23. The zero-order valence-electron chi connectivity index (χ0n) is 15.1. The van der Waals surface area contributed by atoms with Crippen molar-refractivity contribution in [1.82, 2.24) is 10.9 Å². The largest absolute Gasteiger partial charge is 0.391 e. The lowest BCUT2D eigenvalue weighted by Crippen LogP contribution is -2.52. The van der Waals surface area contributed by atoms with Gasteiger partial charge in [0.15, 0.2) is 0 Å². The molecule has 0 spiro atoms. The number of anilines is 1. The van der Waals surface area contributed by atoms with Crippen molar-refractivity contribution in [1.29, 1.82) is 5.26 Å². The van der Waals surface area contributed by atoms with Gasteiger partial charge < -0.3 is 10.4 Å². The van der Waals surface area contributed by atoms with Crippen molar-refractivity contribution in [2.24, 2.45) is 0 Å².